The summed E-state index contributed by atoms with van der Waals surface area (Å²) in [7, 11) is 2.93. The average molecular weight is 416 g/mol. The largest absolute Gasteiger partial charge is 0.496 e. The summed E-state index contributed by atoms with van der Waals surface area (Å²) in [5.74, 6) is 5.84. The number of aryl methyl sites for hydroxylation is 1. The Balaban J connectivity index is 2.22. The van der Waals surface area contributed by atoms with Gasteiger partial charge in [-0.1, -0.05) is 12.8 Å². The Morgan fingerprint density at radius 3 is 2.70 bits per heavy atom. The number of benzene rings is 1. The lowest BCUT2D eigenvalue weighted by Crippen LogP contribution is -2.59. The highest BCUT2D eigenvalue weighted by molar-refractivity contribution is 5.89. The third kappa shape index (κ3) is 5.76. The summed E-state index contributed by atoms with van der Waals surface area (Å²) in [6.45, 7) is 6.39. The number of ether oxygens (including phenoxy) is 3. The minimum absolute atomic E-state index is 0.0683. The zero-order valence-corrected chi connectivity index (χ0v) is 18.7. The number of carbonyl (C=O) groups is 2. The summed E-state index contributed by atoms with van der Waals surface area (Å²) >= 11 is 0. The van der Waals surface area contributed by atoms with Crippen LogP contribution < -0.4 is 10.1 Å². The van der Waals surface area contributed by atoms with Crippen LogP contribution in [0.25, 0.3) is 0 Å². The molecule has 1 amide bonds. The topological polar surface area (TPSA) is 73.9 Å². The molecule has 2 atom stereocenters. The minimum Gasteiger partial charge on any atom is -0.496 e. The van der Waals surface area contributed by atoms with E-state index in [0.717, 1.165) is 36.0 Å². The second-order valence-electron chi connectivity index (χ2n) is 7.74. The highest BCUT2D eigenvalue weighted by Crippen LogP contribution is 2.32. The van der Waals surface area contributed by atoms with Gasteiger partial charge < -0.3 is 19.5 Å². The lowest BCUT2D eigenvalue weighted by Gasteiger charge is -2.39. The summed E-state index contributed by atoms with van der Waals surface area (Å²) in [5, 5.41) is 2.98. The second-order valence-corrected chi connectivity index (χ2v) is 7.74. The molecule has 0 radical (unpaired) electrons. The molecule has 1 aliphatic rings. The number of esters is 1. The van der Waals surface area contributed by atoms with Crippen molar-refractivity contribution in [2.24, 2.45) is 0 Å². The van der Waals surface area contributed by atoms with Crippen LogP contribution in [0.4, 0.5) is 0 Å². The van der Waals surface area contributed by atoms with Crippen LogP contribution in [0.15, 0.2) is 12.1 Å². The number of hydrogen-bond acceptors (Lipinski definition) is 5. The fourth-order valence-corrected chi connectivity index (χ4v) is 4.08. The molecule has 0 spiro atoms. The molecular weight excluding hydrogens is 382 g/mol. The summed E-state index contributed by atoms with van der Waals surface area (Å²) in [5.41, 5.74) is 1.48. The lowest BCUT2D eigenvalue weighted by molar-refractivity contribution is -0.155. The monoisotopic (exact) mass is 415 g/mol. The summed E-state index contributed by atoms with van der Waals surface area (Å²) < 4.78 is 16.4. The van der Waals surface area contributed by atoms with E-state index < -0.39 is 11.5 Å². The van der Waals surface area contributed by atoms with Gasteiger partial charge in [0.15, 0.2) is 0 Å². The number of hydrogen-bond donors (Lipinski definition) is 1. The first-order valence-electron chi connectivity index (χ1n) is 10.5. The average Bonchev–Trinajstić information content (AvgIpc) is 2.73. The minimum atomic E-state index is -1.06. The Bertz CT molecular complexity index is 823. The Morgan fingerprint density at radius 1 is 1.30 bits per heavy atom. The molecule has 2 rings (SSSR count). The molecule has 0 aromatic heterocycles. The van der Waals surface area contributed by atoms with Crippen molar-refractivity contribution in [2.75, 3.05) is 20.8 Å². The maximum Gasteiger partial charge on any atom is 0.331 e. The van der Waals surface area contributed by atoms with E-state index in [1.807, 2.05) is 26.0 Å². The normalized spacial score (nSPS) is 20.6. The smallest absolute Gasteiger partial charge is 0.331 e. The molecule has 0 bridgehead atoms. The van der Waals surface area contributed by atoms with E-state index in [1.54, 1.807) is 14.0 Å². The third-order valence-corrected chi connectivity index (χ3v) is 5.48. The molecule has 0 heterocycles. The number of amides is 1. The molecule has 1 fully saturated rings. The fraction of sp³-hybridized carbons (Fsp3) is 0.583. The molecule has 30 heavy (non-hydrogen) atoms. The van der Waals surface area contributed by atoms with Gasteiger partial charge in [-0.15, -0.1) is 5.92 Å². The third-order valence-electron chi connectivity index (χ3n) is 5.48. The van der Waals surface area contributed by atoms with E-state index in [1.165, 1.54) is 7.11 Å². The molecule has 0 saturated heterocycles. The molecule has 6 nitrogen and oxygen atoms in total. The summed E-state index contributed by atoms with van der Waals surface area (Å²) in [6.07, 6.45) is 3.57. The zero-order valence-electron chi connectivity index (χ0n) is 18.7. The predicted octanol–water partition coefficient (Wildman–Crippen LogP) is 3.31. The Hall–Kier alpha value is -2.52. The van der Waals surface area contributed by atoms with Crippen LogP contribution in [0.5, 0.6) is 5.75 Å². The van der Waals surface area contributed by atoms with E-state index >= 15 is 0 Å². The van der Waals surface area contributed by atoms with E-state index in [4.69, 9.17) is 14.2 Å². The molecule has 1 saturated carbocycles. The number of rotatable bonds is 8. The molecular formula is C24H33NO5. The van der Waals surface area contributed by atoms with Crippen molar-refractivity contribution in [3.63, 3.8) is 0 Å². The molecule has 1 N–H and O–H groups in total. The van der Waals surface area contributed by atoms with E-state index in [0.29, 0.717) is 25.2 Å². The van der Waals surface area contributed by atoms with Crippen molar-refractivity contribution >= 4 is 11.9 Å². The molecule has 1 aromatic carbocycles. The van der Waals surface area contributed by atoms with Gasteiger partial charge in [0, 0.05) is 24.2 Å². The van der Waals surface area contributed by atoms with Gasteiger partial charge in [-0.05, 0) is 57.2 Å². The van der Waals surface area contributed by atoms with Crippen LogP contribution in [0.2, 0.25) is 0 Å². The predicted molar refractivity (Wildman–Crippen MR) is 115 cm³/mol. The van der Waals surface area contributed by atoms with Crippen LogP contribution in [-0.2, 0) is 25.5 Å². The van der Waals surface area contributed by atoms with Crippen LogP contribution in [0.1, 0.15) is 62.6 Å². The molecule has 164 valence electrons. The molecule has 1 aliphatic carbocycles. The highest BCUT2D eigenvalue weighted by Gasteiger charge is 2.45. The van der Waals surface area contributed by atoms with Crippen molar-refractivity contribution in [3.8, 4) is 17.6 Å². The van der Waals surface area contributed by atoms with Gasteiger partial charge in [-0.25, -0.2) is 4.79 Å². The maximum absolute atomic E-state index is 13.0. The molecule has 0 aliphatic heterocycles. The second kappa shape index (κ2) is 11.0. The Labute approximate surface area is 179 Å². The Morgan fingerprint density at radius 2 is 2.07 bits per heavy atom. The standard InChI is InChI=1S/C24H33NO5/c1-6-9-18-13-17(3)20(21(14-18)28-4)15-22(26)25-24(23(27)29-5)11-8-10-19(16-24)30-12-7-2/h13-14,19H,7-8,10-12,15-16H2,1-5H3,(H,25,26). The lowest BCUT2D eigenvalue weighted by atomic mass is 9.79. The van der Waals surface area contributed by atoms with Gasteiger partial charge in [0.25, 0.3) is 0 Å². The van der Waals surface area contributed by atoms with Gasteiger partial charge in [0.05, 0.1) is 26.7 Å². The maximum atomic E-state index is 13.0. The molecule has 1 aromatic rings. The van der Waals surface area contributed by atoms with Crippen LogP contribution in [-0.4, -0.2) is 44.3 Å². The van der Waals surface area contributed by atoms with E-state index in [2.05, 4.69) is 17.2 Å². The highest BCUT2D eigenvalue weighted by atomic mass is 16.5. The Kier molecular flexibility index (Phi) is 8.73. The number of methoxy groups -OCH3 is 2. The quantitative estimate of drug-likeness (QED) is 0.521. The number of nitrogens with one attached hydrogen (secondary N) is 1. The van der Waals surface area contributed by atoms with Crippen molar-refractivity contribution in [1.29, 1.82) is 0 Å². The van der Waals surface area contributed by atoms with Crippen molar-refractivity contribution in [2.45, 2.75) is 70.9 Å². The van der Waals surface area contributed by atoms with Crippen LogP contribution in [0, 0.1) is 18.8 Å². The first-order chi connectivity index (χ1) is 14.4. The van der Waals surface area contributed by atoms with E-state index in [-0.39, 0.29) is 18.4 Å². The van der Waals surface area contributed by atoms with Crippen LogP contribution in [0.3, 0.4) is 0 Å². The summed E-state index contributed by atoms with van der Waals surface area (Å²) in [6, 6.07) is 3.77. The SMILES string of the molecule is CC#Cc1cc(C)c(CC(=O)NC2(C(=O)OC)CCCC(OCCC)C2)c(OC)c1. The van der Waals surface area contributed by atoms with Crippen molar-refractivity contribution in [1.82, 2.24) is 5.32 Å². The van der Waals surface area contributed by atoms with Gasteiger partial charge in [-0.3, -0.25) is 4.79 Å². The van der Waals surface area contributed by atoms with Gasteiger partial charge in [0.1, 0.15) is 11.3 Å². The first kappa shape index (κ1) is 23.8. The molecule has 6 heteroatoms. The van der Waals surface area contributed by atoms with E-state index in [9.17, 15) is 9.59 Å². The first-order valence-corrected chi connectivity index (χ1v) is 10.5. The zero-order chi connectivity index (χ0) is 22.1. The fourth-order valence-electron chi connectivity index (χ4n) is 4.08. The summed E-state index contributed by atoms with van der Waals surface area (Å²) in [4.78, 5) is 25.7. The number of carbonyl (C=O) groups excluding carboxylic acids is 2. The van der Waals surface area contributed by atoms with Gasteiger partial charge in [0.2, 0.25) is 5.91 Å². The van der Waals surface area contributed by atoms with Crippen molar-refractivity contribution < 1.29 is 23.8 Å². The van der Waals surface area contributed by atoms with Crippen molar-refractivity contribution in [3.05, 3.63) is 28.8 Å². The van der Waals surface area contributed by atoms with Gasteiger partial charge >= 0.3 is 5.97 Å². The van der Waals surface area contributed by atoms with Gasteiger partial charge in [-0.2, -0.15) is 0 Å². The van der Waals surface area contributed by atoms with Crippen LogP contribution >= 0.6 is 0 Å². The molecule has 2 unspecified atom stereocenters.